The fraction of sp³-hybridized carbons (Fsp3) is 0.234. The van der Waals surface area contributed by atoms with Crippen molar-refractivity contribution in [1.29, 1.82) is 0 Å². The maximum absolute atomic E-state index is 13.5. The van der Waals surface area contributed by atoms with Crippen molar-refractivity contribution in [2.24, 2.45) is 7.05 Å². The summed E-state index contributed by atoms with van der Waals surface area (Å²) >= 11 is 12.6. The van der Waals surface area contributed by atoms with Gasteiger partial charge in [0, 0.05) is 79.0 Å². The van der Waals surface area contributed by atoms with E-state index in [1.165, 1.54) is 26.0 Å². The van der Waals surface area contributed by atoms with Gasteiger partial charge in [0.2, 0.25) is 0 Å². The van der Waals surface area contributed by atoms with Crippen LogP contribution in [0, 0.1) is 13.8 Å². The number of allylic oxidation sites excluding steroid dienone is 2. The molecule has 2 amide bonds. The number of halogens is 2. The number of carbonyl (C=O) groups is 4. The quantitative estimate of drug-likeness (QED) is 0.103. The van der Waals surface area contributed by atoms with Crippen LogP contribution in [0.4, 0.5) is 11.4 Å². The standard InChI is InChI=1S/C24H23ClN2O3.C23H21ClN2O3/c1-14-5-4-6-18-21(29)10-19-23(22(14)18)17(11-25)13-27(19)24(30)20-9-16(12-26(20)3)8-7-15(2)28;1-13-4-3-5-17-20(28)9-19-22(21(13)17)16(10-24)12-26(19)23(29)18-8-15(11-25-18)7-6-14(2)27/h4-10,12,17,29H,11,13H2,1-3H3;3-9,11,16,25,28H,10,12H2,1-2H3/b8-7+;7-6+/t17-;16-/m11/s1. The Morgan fingerprint density at radius 2 is 1.22 bits per heavy atom. The molecular formula is C47H44Cl2N4O6. The van der Waals surface area contributed by atoms with Crippen molar-refractivity contribution in [3.05, 3.63) is 130 Å². The second-order valence-corrected chi connectivity index (χ2v) is 15.8. The number of anilines is 2. The van der Waals surface area contributed by atoms with E-state index in [-0.39, 0.29) is 46.7 Å². The molecule has 10 nitrogen and oxygen atoms in total. The number of hydrogen-bond acceptors (Lipinski definition) is 6. The van der Waals surface area contributed by atoms with E-state index >= 15 is 0 Å². The van der Waals surface area contributed by atoms with Gasteiger partial charge < -0.3 is 29.6 Å². The summed E-state index contributed by atoms with van der Waals surface area (Å²) in [5, 5.41) is 24.7. The summed E-state index contributed by atoms with van der Waals surface area (Å²) in [6, 6.07) is 18.4. The van der Waals surface area contributed by atoms with Crippen LogP contribution in [0.25, 0.3) is 33.7 Å². The Balaban J connectivity index is 0.000000179. The minimum atomic E-state index is -0.200. The molecule has 59 heavy (non-hydrogen) atoms. The average Bonchev–Trinajstić information content (AvgIpc) is 4.00. The Hall–Kier alpha value is -6.10. The number of phenolic OH excluding ortho intramolecular Hbond substituents is 2. The summed E-state index contributed by atoms with van der Waals surface area (Å²) in [6.07, 6.45) is 9.79. The van der Waals surface area contributed by atoms with Crippen molar-refractivity contribution in [2.45, 2.75) is 39.5 Å². The summed E-state index contributed by atoms with van der Waals surface area (Å²) in [5.41, 5.74) is 7.92. The number of amides is 2. The zero-order valence-electron chi connectivity index (χ0n) is 33.3. The number of aromatic amines is 1. The third-order valence-corrected chi connectivity index (χ3v) is 11.7. The fourth-order valence-corrected chi connectivity index (χ4v) is 8.77. The number of nitrogens with zero attached hydrogens (tertiary/aromatic N) is 3. The molecule has 4 aromatic carbocycles. The van der Waals surface area contributed by atoms with Gasteiger partial charge in [0.15, 0.2) is 11.6 Å². The van der Waals surface area contributed by atoms with Crippen LogP contribution in [0.2, 0.25) is 0 Å². The third kappa shape index (κ3) is 7.78. The van der Waals surface area contributed by atoms with E-state index in [4.69, 9.17) is 23.2 Å². The van der Waals surface area contributed by atoms with Crippen molar-refractivity contribution in [1.82, 2.24) is 9.55 Å². The number of carbonyl (C=O) groups excluding carboxylic acids is 4. The van der Waals surface area contributed by atoms with Crippen LogP contribution in [0.15, 0.2) is 85.2 Å². The van der Waals surface area contributed by atoms with Crippen LogP contribution in [0.1, 0.15) is 80.0 Å². The van der Waals surface area contributed by atoms with Gasteiger partial charge >= 0.3 is 0 Å². The number of nitrogens with one attached hydrogen (secondary N) is 1. The Kier molecular flexibility index (Phi) is 11.6. The van der Waals surface area contributed by atoms with E-state index < -0.39 is 0 Å². The van der Waals surface area contributed by atoms with Crippen molar-refractivity contribution >= 4 is 91.7 Å². The van der Waals surface area contributed by atoms with Crippen LogP contribution in [0.3, 0.4) is 0 Å². The molecule has 0 saturated heterocycles. The molecular weight excluding hydrogens is 787 g/mol. The van der Waals surface area contributed by atoms with Crippen LogP contribution >= 0.6 is 23.2 Å². The van der Waals surface area contributed by atoms with Gasteiger partial charge in [-0.2, -0.15) is 0 Å². The van der Waals surface area contributed by atoms with Gasteiger partial charge in [0.25, 0.3) is 11.8 Å². The van der Waals surface area contributed by atoms with Crippen LogP contribution in [-0.2, 0) is 16.6 Å². The predicted molar refractivity (Wildman–Crippen MR) is 237 cm³/mol. The smallest absolute Gasteiger partial charge is 0.274 e. The lowest BCUT2D eigenvalue weighted by molar-refractivity contribution is -0.113. The second-order valence-electron chi connectivity index (χ2n) is 15.2. The molecule has 8 rings (SSSR count). The molecule has 2 atom stereocenters. The molecule has 302 valence electrons. The second kappa shape index (κ2) is 16.6. The summed E-state index contributed by atoms with van der Waals surface area (Å²) < 4.78 is 1.75. The molecule has 0 aliphatic carbocycles. The largest absolute Gasteiger partial charge is 0.507 e. The highest BCUT2D eigenvalue weighted by molar-refractivity contribution is 6.20. The lowest BCUT2D eigenvalue weighted by atomic mass is 9.92. The van der Waals surface area contributed by atoms with Gasteiger partial charge in [0.05, 0.1) is 11.4 Å². The molecule has 2 aliphatic rings. The molecule has 0 unspecified atom stereocenters. The van der Waals surface area contributed by atoms with Crippen LogP contribution in [0.5, 0.6) is 11.5 Å². The van der Waals surface area contributed by atoms with E-state index in [9.17, 15) is 29.4 Å². The topological polar surface area (TPSA) is 136 Å². The maximum atomic E-state index is 13.5. The van der Waals surface area contributed by atoms with E-state index in [0.29, 0.717) is 47.6 Å². The highest BCUT2D eigenvalue weighted by Crippen LogP contribution is 2.48. The molecule has 2 aliphatic heterocycles. The number of ketones is 2. The molecule has 0 saturated carbocycles. The first-order valence-corrected chi connectivity index (χ1v) is 20.3. The van der Waals surface area contributed by atoms with Crippen molar-refractivity contribution in [3.63, 3.8) is 0 Å². The van der Waals surface area contributed by atoms with Gasteiger partial charge in [-0.25, -0.2) is 0 Å². The van der Waals surface area contributed by atoms with Gasteiger partial charge in [-0.1, -0.05) is 36.4 Å². The first kappa shape index (κ1) is 41.1. The van der Waals surface area contributed by atoms with Crippen LogP contribution < -0.4 is 9.80 Å². The normalized spacial score (nSPS) is 15.9. The molecule has 0 fully saturated rings. The van der Waals surface area contributed by atoms with Crippen molar-refractivity contribution in [2.75, 3.05) is 34.6 Å². The monoisotopic (exact) mass is 830 g/mol. The zero-order chi connectivity index (χ0) is 42.3. The molecule has 3 N–H and O–H groups in total. The third-order valence-electron chi connectivity index (χ3n) is 11.0. The molecule has 0 radical (unpaired) electrons. The number of fused-ring (bicyclic) bond motifs is 6. The van der Waals surface area contributed by atoms with E-state index in [2.05, 4.69) is 4.98 Å². The molecule has 0 bridgehead atoms. The summed E-state index contributed by atoms with van der Waals surface area (Å²) in [7, 11) is 1.80. The first-order chi connectivity index (χ1) is 28.2. The molecule has 0 spiro atoms. The van der Waals surface area contributed by atoms with Crippen molar-refractivity contribution < 1.29 is 29.4 Å². The lowest BCUT2D eigenvalue weighted by Gasteiger charge is -2.19. The number of phenols is 2. The fourth-order valence-electron chi connectivity index (χ4n) is 8.27. The predicted octanol–water partition coefficient (Wildman–Crippen LogP) is 9.54. The highest BCUT2D eigenvalue weighted by Gasteiger charge is 2.37. The Morgan fingerprint density at radius 1 is 0.729 bits per heavy atom. The van der Waals surface area contributed by atoms with E-state index in [1.54, 1.807) is 64.0 Å². The summed E-state index contributed by atoms with van der Waals surface area (Å²) in [6.45, 7) is 7.86. The number of H-pyrrole nitrogens is 1. The Morgan fingerprint density at radius 3 is 1.71 bits per heavy atom. The minimum absolute atomic E-state index is 0.0211. The number of benzene rings is 4. The first-order valence-electron chi connectivity index (χ1n) is 19.2. The number of aryl methyl sites for hydroxylation is 3. The highest BCUT2D eigenvalue weighted by atomic mass is 35.5. The maximum Gasteiger partial charge on any atom is 0.274 e. The van der Waals surface area contributed by atoms with E-state index in [0.717, 1.165) is 54.9 Å². The van der Waals surface area contributed by atoms with Gasteiger partial charge in [-0.05, 0) is 108 Å². The van der Waals surface area contributed by atoms with Gasteiger partial charge in [-0.15, -0.1) is 23.2 Å². The van der Waals surface area contributed by atoms with Crippen LogP contribution in [-0.4, -0.2) is 68.0 Å². The van der Waals surface area contributed by atoms with Gasteiger partial charge in [-0.3, -0.25) is 19.2 Å². The number of aromatic nitrogens is 2. The number of rotatable bonds is 8. The Bertz CT molecular complexity index is 2740. The number of alkyl halides is 2. The lowest BCUT2D eigenvalue weighted by Crippen LogP contribution is -2.31. The minimum Gasteiger partial charge on any atom is -0.507 e. The zero-order valence-corrected chi connectivity index (χ0v) is 34.9. The summed E-state index contributed by atoms with van der Waals surface area (Å²) in [4.78, 5) is 55.4. The summed E-state index contributed by atoms with van der Waals surface area (Å²) in [5.74, 6) is 0.531. The molecule has 12 heteroatoms. The molecule has 2 aromatic heterocycles. The molecule has 4 heterocycles. The number of aromatic hydroxyl groups is 2. The number of hydrogen-bond donors (Lipinski definition) is 3. The average molecular weight is 832 g/mol. The SMILES string of the molecule is CC(=O)/C=C/c1c[nH]c(C(=O)N2C[C@@H](CCl)c3c2cc(O)c2cccc(C)c32)c1.CC(=O)/C=C/c1cc(C(=O)N2C[C@@H](CCl)c3c2cc(O)c2cccc(C)c32)n(C)c1. The van der Waals surface area contributed by atoms with Crippen molar-refractivity contribution in [3.8, 4) is 11.5 Å². The van der Waals surface area contributed by atoms with Gasteiger partial charge in [0.1, 0.15) is 22.9 Å². The van der Waals surface area contributed by atoms with E-state index in [1.807, 2.05) is 56.4 Å². The molecule has 6 aromatic rings. The Labute approximate surface area is 352 Å².